The fourth-order valence-electron chi connectivity index (χ4n) is 1.98. The van der Waals surface area contributed by atoms with Crippen LogP contribution in [0.2, 0.25) is 0 Å². The summed E-state index contributed by atoms with van der Waals surface area (Å²) in [4.78, 5) is 13.1. The Balaban J connectivity index is 2.78. The number of hydrogen-bond acceptors (Lipinski definition) is 4. The molecular formula is C12H23N5O. The molecule has 2 N–H and O–H groups in total. The molecule has 1 heterocycles. The molecule has 0 atom stereocenters. The van der Waals surface area contributed by atoms with Crippen molar-refractivity contribution in [3.05, 3.63) is 11.4 Å². The Morgan fingerprint density at radius 1 is 1.44 bits per heavy atom. The van der Waals surface area contributed by atoms with Gasteiger partial charge in [0.1, 0.15) is 0 Å². The highest BCUT2D eigenvalue weighted by Gasteiger charge is 2.17. The van der Waals surface area contributed by atoms with Gasteiger partial charge in [0, 0.05) is 6.54 Å². The second-order valence-corrected chi connectivity index (χ2v) is 5.10. The number of nitrogens with two attached hydrogens (primary N) is 1. The monoisotopic (exact) mass is 253 g/mol. The van der Waals surface area contributed by atoms with Crippen molar-refractivity contribution in [2.75, 3.05) is 20.6 Å². The van der Waals surface area contributed by atoms with E-state index in [1.165, 1.54) is 0 Å². The SMILES string of the molecule is CC(C)c1c(CC(N)=O)nnn1CCCN(C)C. The van der Waals surface area contributed by atoms with Crippen molar-refractivity contribution in [2.45, 2.75) is 39.2 Å². The van der Waals surface area contributed by atoms with Gasteiger partial charge in [0.2, 0.25) is 5.91 Å². The maximum absolute atomic E-state index is 11.0. The van der Waals surface area contributed by atoms with E-state index in [9.17, 15) is 4.79 Å². The molecule has 0 fully saturated rings. The lowest BCUT2D eigenvalue weighted by Gasteiger charge is -2.12. The number of carbonyl (C=O) groups is 1. The second-order valence-electron chi connectivity index (χ2n) is 5.10. The van der Waals surface area contributed by atoms with Crippen molar-refractivity contribution in [2.24, 2.45) is 5.73 Å². The molecule has 0 aliphatic rings. The van der Waals surface area contributed by atoms with E-state index in [0.29, 0.717) is 5.69 Å². The Labute approximate surface area is 108 Å². The lowest BCUT2D eigenvalue weighted by molar-refractivity contribution is -0.117. The summed E-state index contributed by atoms with van der Waals surface area (Å²) in [5.41, 5.74) is 6.95. The van der Waals surface area contributed by atoms with Gasteiger partial charge in [0.05, 0.1) is 17.8 Å². The molecule has 1 rings (SSSR count). The Morgan fingerprint density at radius 2 is 2.11 bits per heavy atom. The molecule has 1 amide bonds. The molecule has 1 aromatic heterocycles. The summed E-state index contributed by atoms with van der Waals surface area (Å²) in [5, 5.41) is 8.20. The molecule has 0 saturated carbocycles. The Bertz CT molecular complexity index is 397. The van der Waals surface area contributed by atoms with Gasteiger partial charge in [-0.2, -0.15) is 0 Å². The van der Waals surface area contributed by atoms with Gasteiger partial charge in [-0.15, -0.1) is 5.10 Å². The van der Waals surface area contributed by atoms with Crippen molar-refractivity contribution in [3.8, 4) is 0 Å². The van der Waals surface area contributed by atoms with Crippen molar-refractivity contribution in [1.82, 2.24) is 19.9 Å². The van der Waals surface area contributed by atoms with Gasteiger partial charge in [-0.25, -0.2) is 4.68 Å². The zero-order valence-corrected chi connectivity index (χ0v) is 11.7. The van der Waals surface area contributed by atoms with E-state index >= 15 is 0 Å². The number of aryl methyl sites for hydroxylation is 1. The van der Waals surface area contributed by atoms with Gasteiger partial charge in [0.25, 0.3) is 0 Å². The number of aromatic nitrogens is 3. The highest BCUT2D eigenvalue weighted by Crippen LogP contribution is 2.18. The average Bonchev–Trinajstić information content (AvgIpc) is 2.59. The van der Waals surface area contributed by atoms with Crippen LogP contribution in [0.25, 0.3) is 0 Å². The topological polar surface area (TPSA) is 77.0 Å². The minimum atomic E-state index is -0.364. The molecule has 6 heteroatoms. The molecule has 1 aromatic rings. The summed E-state index contributed by atoms with van der Waals surface area (Å²) in [6, 6.07) is 0. The molecule has 0 saturated heterocycles. The minimum absolute atomic E-state index is 0.168. The predicted octanol–water partition coefficient (Wildman–Crippen LogP) is 0.381. The van der Waals surface area contributed by atoms with Crippen molar-refractivity contribution >= 4 is 5.91 Å². The van der Waals surface area contributed by atoms with Crippen LogP contribution in [0.1, 0.15) is 37.6 Å². The van der Waals surface area contributed by atoms with Gasteiger partial charge in [-0.1, -0.05) is 19.1 Å². The maximum atomic E-state index is 11.0. The normalized spacial score (nSPS) is 11.4. The molecule has 6 nitrogen and oxygen atoms in total. The second kappa shape index (κ2) is 6.49. The first kappa shape index (κ1) is 14.6. The van der Waals surface area contributed by atoms with E-state index in [0.717, 1.165) is 25.2 Å². The van der Waals surface area contributed by atoms with Crippen molar-refractivity contribution in [3.63, 3.8) is 0 Å². The van der Waals surface area contributed by atoms with Crippen LogP contribution in [-0.4, -0.2) is 46.4 Å². The minimum Gasteiger partial charge on any atom is -0.369 e. The molecule has 0 aliphatic heterocycles. The van der Waals surface area contributed by atoms with Crippen LogP contribution in [0.5, 0.6) is 0 Å². The molecule has 102 valence electrons. The number of nitrogens with zero attached hydrogens (tertiary/aromatic N) is 4. The van der Waals surface area contributed by atoms with Crippen molar-refractivity contribution < 1.29 is 4.79 Å². The quantitative estimate of drug-likeness (QED) is 0.762. The lowest BCUT2D eigenvalue weighted by Crippen LogP contribution is -2.18. The Kier molecular flexibility index (Phi) is 5.27. The van der Waals surface area contributed by atoms with E-state index in [1.807, 2.05) is 18.8 Å². The molecule has 0 bridgehead atoms. The third kappa shape index (κ3) is 4.10. The van der Waals surface area contributed by atoms with Crippen LogP contribution in [0, 0.1) is 0 Å². The Hall–Kier alpha value is -1.43. The molecular weight excluding hydrogens is 230 g/mol. The van der Waals surface area contributed by atoms with Crippen LogP contribution < -0.4 is 5.73 Å². The fraction of sp³-hybridized carbons (Fsp3) is 0.750. The molecule has 0 radical (unpaired) electrons. The van der Waals surface area contributed by atoms with Crippen molar-refractivity contribution in [1.29, 1.82) is 0 Å². The van der Waals surface area contributed by atoms with Gasteiger partial charge in [-0.3, -0.25) is 4.79 Å². The fourth-order valence-corrected chi connectivity index (χ4v) is 1.98. The van der Waals surface area contributed by atoms with E-state index in [1.54, 1.807) is 0 Å². The number of hydrogen-bond donors (Lipinski definition) is 1. The first-order valence-electron chi connectivity index (χ1n) is 6.27. The van der Waals surface area contributed by atoms with Crippen LogP contribution in [0.4, 0.5) is 0 Å². The molecule has 0 aliphatic carbocycles. The first-order valence-corrected chi connectivity index (χ1v) is 6.27. The van der Waals surface area contributed by atoms with E-state index in [-0.39, 0.29) is 18.2 Å². The molecule has 18 heavy (non-hydrogen) atoms. The van der Waals surface area contributed by atoms with E-state index in [4.69, 9.17) is 5.73 Å². The highest BCUT2D eigenvalue weighted by molar-refractivity contribution is 5.76. The number of rotatable bonds is 7. The lowest BCUT2D eigenvalue weighted by atomic mass is 10.1. The summed E-state index contributed by atoms with van der Waals surface area (Å²) < 4.78 is 1.90. The van der Waals surface area contributed by atoms with Gasteiger partial charge >= 0.3 is 0 Å². The van der Waals surface area contributed by atoms with Gasteiger partial charge in [-0.05, 0) is 33.0 Å². The third-order valence-corrected chi connectivity index (χ3v) is 2.71. The van der Waals surface area contributed by atoms with E-state index in [2.05, 4.69) is 29.1 Å². The first-order chi connectivity index (χ1) is 8.41. The third-order valence-electron chi connectivity index (χ3n) is 2.71. The summed E-state index contributed by atoms with van der Waals surface area (Å²) in [6.45, 7) is 5.97. The highest BCUT2D eigenvalue weighted by atomic mass is 16.1. The summed E-state index contributed by atoms with van der Waals surface area (Å²) >= 11 is 0. The number of primary amides is 1. The standard InChI is InChI=1S/C12H23N5O/c1-9(2)12-10(8-11(13)18)14-15-17(12)7-5-6-16(3)4/h9H,5-8H2,1-4H3,(H2,13,18). The predicted molar refractivity (Wildman–Crippen MR) is 70.2 cm³/mol. The summed E-state index contributed by atoms with van der Waals surface area (Å²) in [6.07, 6.45) is 1.17. The van der Waals surface area contributed by atoms with Crippen LogP contribution in [0.15, 0.2) is 0 Å². The largest absolute Gasteiger partial charge is 0.369 e. The smallest absolute Gasteiger partial charge is 0.223 e. The van der Waals surface area contributed by atoms with Crippen LogP contribution >= 0.6 is 0 Å². The summed E-state index contributed by atoms with van der Waals surface area (Å²) in [5.74, 6) is -0.0778. The van der Waals surface area contributed by atoms with Gasteiger partial charge in [0.15, 0.2) is 0 Å². The van der Waals surface area contributed by atoms with Gasteiger partial charge < -0.3 is 10.6 Å². The van der Waals surface area contributed by atoms with Crippen LogP contribution in [-0.2, 0) is 17.8 Å². The zero-order valence-electron chi connectivity index (χ0n) is 11.7. The van der Waals surface area contributed by atoms with E-state index < -0.39 is 0 Å². The zero-order chi connectivity index (χ0) is 13.7. The number of amides is 1. The molecule has 0 unspecified atom stereocenters. The molecule has 0 aromatic carbocycles. The Morgan fingerprint density at radius 3 is 2.61 bits per heavy atom. The average molecular weight is 253 g/mol. The summed E-state index contributed by atoms with van der Waals surface area (Å²) in [7, 11) is 4.09. The molecule has 0 spiro atoms. The number of carbonyl (C=O) groups excluding carboxylic acids is 1. The maximum Gasteiger partial charge on any atom is 0.223 e. The van der Waals surface area contributed by atoms with Crippen LogP contribution in [0.3, 0.4) is 0 Å².